The minimum Gasteiger partial charge on any atom is -0.309 e. The van der Waals surface area contributed by atoms with Gasteiger partial charge in [-0.3, -0.25) is 0 Å². The number of hydrogen-bond donors (Lipinski definition) is 0. The van der Waals surface area contributed by atoms with Crippen LogP contribution in [0.25, 0.3) is 109 Å². The first-order valence-corrected chi connectivity index (χ1v) is 20.3. The second-order valence-corrected chi connectivity index (χ2v) is 16.0. The van der Waals surface area contributed by atoms with Crippen molar-refractivity contribution in [2.45, 2.75) is 0 Å². The summed E-state index contributed by atoms with van der Waals surface area (Å²) >= 11 is 1.87. The van der Waals surface area contributed by atoms with Crippen LogP contribution in [0, 0.1) is 0 Å². The van der Waals surface area contributed by atoms with Gasteiger partial charge in [0, 0.05) is 53.1 Å². The molecule has 2 nitrogen and oxygen atoms in total. The summed E-state index contributed by atoms with van der Waals surface area (Å²) in [6.45, 7) is 0. The molecule has 0 aliphatic carbocycles. The molecule has 0 aliphatic heterocycles. The van der Waals surface area contributed by atoms with Crippen LogP contribution in [0.15, 0.2) is 206 Å². The lowest BCUT2D eigenvalue weighted by molar-refractivity contribution is 1.18. The first-order valence-electron chi connectivity index (χ1n) is 19.5. The maximum Gasteiger partial charge on any atom is 0.0541 e. The van der Waals surface area contributed by atoms with Gasteiger partial charge in [0.25, 0.3) is 0 Å². The Morgan fingerprint density at radius 3 is 1.49 bits per heavy atom. The normalized spacial score (nSPS) is 11.9. The fraction of sp³-hybridized carbons (Fsp3) is 0. The first-order chi connectivity index (χ1) is 28.3. The van der Waals surface area contributed by atoms with Crippen molar-refractivity contribution in [2.75, 3.05) is 0 Å². The smallest absolute Gasteiger partial charge is 0.0541 e. The summed E-state index contributed by atoms with van der Waals surface area (Å²) in [6.07, 6.45) is 0. The molecule has 57 heavy (non-hydrogen) atoms. The largest absolute Gasteiger partial charge is 0.309 e. The van der Waals surface area contributed by atoms with E-state index < -0.39 is 0 Å². The lowest BCUT2D eigenvalue weighted by Crippen LogP contribution is -1.94. The number of hydrogen-bond acceptors (Lipinski definition) is 1. The van der Waals surface area contributed by atoms with E-state index in [2.05, 4.69) is 215 Å². The quantitative estimate of drug-likeness (QED) is 0.166. The van der Waals surface area contributed by atoms with Crippen molar-refractivity contribution < 1.29 is 0 Å². The lowest BCUT2D eigenvalue weighted by atomic mass is 9.99. The molecule has 0 aliphatic rings. The van der Waals surface area contributed by atoms with Crippen molar-refractivity contribution in [3.63, 3.8) is 0 Å². The molecule has 0 radical (unpaired) electrons. The van der Waals surface area contributed by atoms with E-state index in [1.807, 2.05) is 11.3 Å². The topological polar surface area (TPSA) is 9.86 Å². The Kier molecular flexibility index (Phi) is 7.13. The number of fused-ring (bicyclic) bond motifs is 9. The van der Waals surface area contributed by atoms with Crippen LogP contribution in [0.5, 0.6) is 0 Å². The van der Waals surface area contributed by atoms with E-state index in [1.54, 1.807) is 0 Å². The number of aromatic nitrogens is 2. The molecule has 9 aromatic carbocycles. The predicted octanol–water partition coefficient (Wildman–Crippen LogP) is 15.2. The van der Waals surface area contributed by atoms with E-state index in [0.717, 1.165) is 11.4 Å². The van der Waals surface area contributed by atoms with E-state index in [9.17, 15) is 0 Å². The zero-order valence-electron chi connectivity index (χ0n) is 30.9. The Bertz CT molecular complexity index is 3510. The Labute approximate surface area is 333 Å². The molecule has 0 fully saturated rings. The summed E-state index contributed by atoms with van der Waals surface area (Å²) in [5.74, 6) is 0. The third-order valence-corrected chi connectivity index (χ3v) is 12.9. The maximum absolute atomic E-state index is 2.42. The van der Waals surface area contributed by atoms with Gasteiger partial charge in [-0.15, -0.1) is 11.3 Å². The van der Waals surface area contributed by atoms with Gasteiger partial charge in [0.2, 0.25) is 0 Å². The highest BCUT2D eigenvalue weighted by molar-refractivity contribution is 7.25. The molecule has 0 saturated carbocycles. The molecule has 12 aromatic rings. The van der Waals surface area contributed by atoms with E-state index in [-0.39, 0.29) is 0 Å². The molecule has 0 N–H and O–H groups in total. The highest BCUT2D eigenvalue weighted by Crippen LogP contribution is 2.42. The minimum atomic E-state index is 1.16. The van der Waals surface area contributed by atoms with E-state index >= 15 is 0 Å². The molecule has 3 heterocycles. The molecule has 0 unspecified atom stereocenters. The third-order valence-electron chi connectivity index (χ3n) is 11.7. The van der Waals surface area contributed by atoms with Gasteiger partial charge in [0.05, 0.1) is 22.1 Å². The van der Waals surface area contributed by atoms with E-state index in [1.165, 1.54) is 97.2 Å². The number of rotatable bonds is 5. The molecular formula is C54H34N2S. The van der Waals surface area contributed by atoms with Crippen LogP contribution in [0.4, 0.5) is 0 Å². The zero-order chi connectivity index (χ0) is 37.5. The average molecular weight is 743 g/mol. The van der Waals surface area contributed by atoms with Crippen molar-refractivity contribution >= 4 is 75.1 Å². The van der Waals surface area contributed by atoms with Gasteiger partial charge in [-0.1, -0.05) is 133 Å². The highest BCUT2D eigenvalue weighted by atomic mass is 32.1. The summed E-state index contributed by atoms with van der Waals surface area (Å²) < 4.78 is 7.48. The fourth-order valence-electron chi connectivity index (χ4n) is 9.12. The SMILES string of the molecule is c1ccc(-c2cccc(-n3c4ccccc4c4cc(-c5ccc6c(c5)c5ccccc5n6-c5ccc(-c6cccc7sc8ccccc8c67)cc5)ccc43)c2)cc1. The Balaban J connectivity index is 0.965. The third kappa shape index (κ3) is 5.03. The molecule has 0 spiro atoms. The van der Waals surface area contributed by atoms with Crippen LogP contribution in [-0.2, 0) is 0 Å². The van der Waals surface area contributed by atoms with Crippen LogP contribution in [-0.4, -0.2) is 9.13 Å². The standard InChI is InChI=1S/C54H34N2S/c1-2-12-35(13-3-1)37-14-10-15-41(32-37)56-49-21-8-5-17-44(49)47-34-39(27-31-51(47)56)38-26-30-50-46(33-38)43-16-4-7-20-48(43)55(50)40-28-24-36(25-29-40)42-19-11-23-53-54(42)45-18-6-9-22-52(45)57-53/h1-34H. The minimum absolute atomic E-state index is 1.16. The van der Waals surface area contributed by atoms with Crippen LogP contribution in [0.2, 0.25) is 0 Å². The summed E-state index contributed by atoms with van der Waals surface area (Å²) in [5, 5.41) is 7.68. The molecule has 266 valence electrons. The monoisotopic (exact) mass is 742 g/mol. The van der Waals surface area contributed by atoms with Crippen LogP contribution in [0.3, 0.4) is 0 Å². The van der Waals surface area contributed by atoms with E-state index in [0.29, 0.717) is 0 Å². The Hall–Kier alpha value is -7.20. The summed E-state index contributed by atoms with van der Waals surface area (Å²) in [7, 11) is 0. The van der Waals surface area contributed by atoms with Crippen molar-refractivity contribution in [3.8, 4) is 44.8 Å². The molecule has 3 aromatic heterocycles. The number of benzene rings is 9. The van der Waals surface area contributed by atoms with Crippen molar-refractivity contribution in [3.05, 3.63) is 206 Å². The van der Waals surface area contributed by atoms with Crippen molar-refractivity contribution in [1.82, 2.24) is 9.13 Å². The van der Waals surface area contributed by atoms with Crippen LogP contribution >= 0.6 is 11.3 Å². The van der Waals surface area contributed by atoms with Gasteiger partial charge in [0.15, 0.2) is 0 Å². The van der Waals surface area contributed by atoms with Gasteiger partial charge in [-0.05, 0) is 106 Å². The van der Waals surface area contributed by atoms with Crippen molar-refractivity contribution in [1.29, 1.82) is 0 Å². The molecule has 0 bridgehead atoms. The van der Waals surface area contributed by atoms with Gasteiger partial charge >= 0.3 is 0 Å². The number of nitrogens with zero attached hydrogens (tertiary/aromatic N) is 2. The molecule has 0 amide bonds. The van der Waals surface area contributed by atoms with Gasteiger partial charge in [0.1, 0.15) is 0 Å². The Morgan fingerprint density at radius 2 is 0.789 bits per heavy atom. The van der Waals surface area contributed by atoms with Gasteiger partial charge < -0.3 is 9.13 Å². The summed E-state index contributed by atoms with van der Waals surface area (Å²) in [5.41, 5.74) is 14.5. The van der Waals surface area contributed by atoms with Crippen LogP contribution < -0.4 is 0 Å². The van der Waals surface area contributed by atoms with Gasteiger partial charge in [-0.2, -0.15) is 0 Å². The average Bonchev–Trinajstić information content (AvgIpc) is 3.94. The molecule has 3 heteroatoms. The van der Waals surface area contributed by atoms with Crippen LogP contribution in [0.1, 0.15) is 0 Å². The first kappa shape index (κ1) is 32.1. The second-order valence-electron chi connectivity index (χ2n) is 14.9. The molecule has 0 atom stereocenters. The maximum atomic E-state index is 2.42. The molecule has 12 rings (SSSR count). The molecule has 0 saturated heterocycles. The van der Waals surface area contributed by atoms with E-state index in [4.69, 9.17) is 0 Å². The predicted molar refractivity (Wildman–Crippen MR) is 244 cm³/mol. The highest BCUT2D eigenvalue weighted by Gasteiger charge is 2.17. The fourth-order valence-corrected chi connectivity index (χ4v) is 10.3. The lowest BCUT2D eigenvalue weighted by Gasteiger charge is -2.11. The number of para-hydroxylation sites is 2. The zero-order valence-corrected chi connectivity index (χ0v) is 31.7. The van der Waals surface area contributed by atoms with Gasteiger partial charge in [-0.25, -0.2) is 0 Å². The number of thiophene rings is 1. The second kappa shape index (κ2) is 12.7. The van der Waals surface area contributed by atoms with Crippen molar-refractivity contribution in [2.24, 2.45) is 0 Å². The molecular weight excluding hydrogens is 709 g/mol. The summed E-state index contributed by atoms with van der Waals surface area (Å²) in [6, 6.07) is 75.6. The Morgan fingerprint density at radius 1 is 0.281 bits per heavy atom. The summed E-state index contributed by atoms with van der Waals surface area (Å²) in [4.78, 5) is 0.